The van der Waals surface area contributed by atoms with Crippen molar-refractivity contribution in [1.82, 2.24) is 44.0 Å². The Morgan fingerprint density at radius 3 is 0.754 bits per heavy atom. The second-order valence-electron chi connectivity index (χ2n) is 32.3. The lowest BCUT2D eigenvalue weighted by Crippen LogP contribution is -2.29. The Bertz CT molecular complexity index is 4530. The minimum Gasteiger partial charge on any atom is -0.341 e. The van der Waals surface area contributed by atoms with Crippen LogP contribution in [0.3, 0.4) is 0 Å². The van der Waals surface area contributed by atoms with E-state index in [2.05, 4.69) is 147 Å². The standard InChI is InChI=1S/3C30H37N3O3S.3CH4/c3*1-4-37(35,36)25-15-10-22(11-16-25)12-17-30(34)32-19-26(23-8-6-5-7-9-23)27(20-32)29-18-28(24-13-14-24)31-33(29)21(2)3;;;/h3*5-11,15-16,18,21,24,26-27H,4,12-14,17,19-20H2,1-3H3;3*1H4/t2*26-,27+;;;;/m10..../s1. The largest absolute Gasteiger partial charge is 0.341 e. The molecule has 3 aliphatic heterocycles. The monoisotopic (exact) mass is 1610 g/mol. The van der Waals surface area contributed by atoms with Crippen LogP contribution in [-0.2, 0) is 63.2 Å². The van der Waals surface area contributed by atoms with E-state index in [0.717, 1.165) is 16.7 Å². The van der Waals surface area contributed by atoms with Crippen LogP contribution in [0.4, 0.5) is 0 Å². The second-order valence-corrected chi connectivity index (χ2v) is 39.2. The third kappa shape index (κ3) is 20.7. The lowest BCUT2D eigenvalue weighted by Gasteiger charge is -2.21. The van der Waals surface area contributed by atoms with Crippen LogP contribution < -0.4 is 0 Å². The number of carbonyl (C=O) groups excluding carboxylic acids is 3. The minimum atomic E-state index is -3.22. The maximum absolute atomic E-state index is 13.4. The zero-order valence-corrected chi connectivity index (χ0v) is 68.5. The highest BCUT2D eigenvalue weighted by atomic mass is 32.2. The molecule has 3 amide bonds. The van der Waals surface area contributed by atoms with Gasteiger partial charge in [0.05, 0.1) is 49.0 Å². The number of nitrogens with zero attached hydrogens (tertiary/aromatic N) is 9. The highest BCUT2D eigenvalue weighted by Crippen LogP contribution is 2.49. The number of rotatable bonds is 27. The van der Waals surface area contributed by atoms with Crippen LogP contribution in [-0.4, -0.2) is 144 Å². The van der Waals surface area contributed by atoms with Crippen molar-refractivity contribution in [2.24, 2.45) is 0 Å². The number of likely N-dealkylation sites (tertiary alicyclic amines) is 3. The van der Waals surface area contributed by atoms with Crippen LogP contribution in [0.2, 0.25) is 0 Å². The van der Waals surface area contributed by atoms with Crippen molar-refractivity contribution >= 4 is 47.2 Å². The average molecular weight is 1610 g/mol. The first-order chi connectivity index (χ1) is 53.3. The van der Waals surface area contributed by atoms with Crippen molar-refractivity contribution in [1.29, 1.82) is 0 Å². The predicted octanol–water partition coefficient (Wildman–Crippen LogP) is 18.3. The molecule has 6 aliphatic rings. The van der Waals surface area contributed by atoms with Crippen LogP contribution in [0, 0.1) is 0 Å². The van der Waals surface area contributed by atoms with Crippen LogP contribution >= 0.6 is 0 Å². The maximum atomic E-state index is 13.4. The van der Waals surface area contributed by atoms with Gasteiger partial charge in [-0.25, -0.2) is 25.3 Å². The van der Waals surface area contributed by atoms with Gasteiger partial charge in [0.15, 0.2) is 29.5 Å². The molecular formula is C93H123N9O9S3. The molecule has 0 N–H and O–H groups in total. The Morgan fingerprint density at radius 2 is 0.553 bits per heavy atom. The molecule has 6 heterocycles. The van der Waals surface area contributed by atoms with Crippen molar-refractivity contribution < 1.29 is 39.6 Å². The van der Waals surface area contributed by atoms with Gasteiger partial charge in [0.2, 0.25) is 17.7 Å². The van der Waals surface area contributed by atoms with Gasteiger partial charge in [0.1, 0.15) is 0 Å². The number of aryl methyl sites for hydroxylation is 3. The number of amides is 3. The molecule has 3 aromatic heterocycles. The Morgan fingerprint density at radius 1 is 0.333 bits per heavy atom. The third-order valence-corrected chi connectivity index (χ3v) is 28.8. The fourth-order valence-corrected chi connectivity index (χ4v) is 19.1. The first kappa shape index (κ1) is 87.6. The van der Waals surface area contributed by atoms with Crippen LogP contribution in [0.25, 0.3) is 0 Å². The summed E-state index contributed by atoms with van der Waals surface area (Å²) in [7, 11) is -9.65. The molecule has 6 atom stereocenters. The number of aromatic nitrogens is 6. The molecular weight excluding hydrogens is 1480 g/mol. The molecule has 3 saturated heterocycles. The van der Waals surface area contributed by atoms with E-state index in [0.29, 0.717) is 110 Å². The molecule has 3 saturated carbocycles. The van der Waals surface area contributed by atoms with E-state index in [-0.39, 0.29) is 111 Å². The van der Waals surface area contributed by atoms with E-state index in [1.807, 2.05) is 69.3 Å². The van der Waals surface area contributed by atoms with Crippen LogP contribution in [0.5, 0.6) is 0 Å². The molecule has 18 nitrogen and oxygen atoms in total. The van der Waals surface area contributed by atoms with Crippen molar-refractivity contribution in [2.45, 2.75) is 248 Å². The van der Waals surface area contributed by atoms with Gasteiger partial charge < -0.3 is 14.7 Å². The Hall–Kier alpha value is -8.79. The molecule has 612 valence electrons. The summed E-state index contributed by atoms with van der Waals surface area (Å²) in [6, 6.07) is 60.2. The summed E-state index contributed by atoms with van der Waals surface area (Å²) in [5.41, 5.74) is 14.1. The first-order valence-electron chi connectivity index (χ1n) is 40.5. The molecule has 3 aliphatic carbocycles. The zero-order chi connectivity index (χ0) is 78.5. The van der Waals surface area contributed by atoms with Gasteiger partial charge in [-0.15, -0.1) is 0 Å². The number of hydrogen-bond acceptors (Lipinski definition) is 12. The third-order valence-electron chi connectivity index (χ3n) is 23.5. The molecule has 9 aromatic rings. The molecule has 21 heteroatoms. The summed E-state index contributed by atoms with van der Waals surface area (Å²) < 4.78 is 79.1. The fourth-order valence-electron chi connectivity index (χ4n) is 16.4. The van der Waals surface area contributed by atoms with Gasteiger partial charge in [0, 0.05) is 147 Å². The Kier molecular flexibility index (Phi) is 29.1. The Labute approximate surface area is 680 Å². The number of hydrogen-bond donors (Lipinski definition) is 0. The van der Waals surface area contributed by atoms with E-state index in [9.17, 15) is 39.6 Å². The molecule has 6 fully saturated rings. The van der Waals surface area contributed by atoms with Crippen molar-refractivity contribution in [3.8, 4) is 0 Å². The minimum absolute atomic E-state index is 0. The molecule has 6 aromatic carbocycles. The number of sulfone groups is 3. The highest BCUT2D eigenvalue weighted by molar-refractivity contribution is 7.92. The fraction of sp³-hybridized carbons (Fsp3) is 0.484. The SMILES string of the molecule is C.C.C.CCS(=O)(=O)c1ccc(CCC(=O)N2CC(c3ccccc3)C(c3cc(C4CC4)nn3C(C)C)C2)cc1.CCS(=O)(=O)c1ccc(CCC(=O)N2C[C@@H](c3ccccc3)[C@H](c3cc(C4CC4)nn3C(C)C)C2)cc1.CCS(=O)(=O)c1ccc(CCC(=O)N2C[C@H](c3ccccc3)[C@@H](c3cc(C4CC4)nn3C(C)C)C2)cc1. The van der Waals surface area contributed by atoms with Gasteiger partial charge in [-0.3, -0.25) is 28.4 Å². The molecule has 0 spiro atoms. The molecule has 15 rings (SSSR count). The zero-order valence-electron chi connectivity index (χ0n) is 66.0. The molecule has 0 bridgehead atoms. The quantitative estimate of drug-likeness (QED) is 0.0470. The summed E-state index contributed by atoms with van der Waals surface area (Å²) in [6.45, 7) is 22.2. The van der Waals surface area contributed by atoms with Gasteiger partial charge in [-0.05, 0) is 187 Å². The summed E-state index contributed by atoms with van der Waals surface area (Å²) in [5, 5.41) is 15.0. The second kappa shape index (κ2) is 37.9. The number of benzene rings is 6. The average Bonchev–Trinajstić information content (AvgIpc) is 1.62. The Balaban J connectivity index is 0.000000179. The van der Waals surface area contributed by atoms with E-state index in [4.69, 9.17) is 15.3 Å². The van der Waals surface area contributed by atoms with E-state index < -0.39 is 29.5 Å². The van der Waals surface area contributed by atoms with Crippen molar-refractivity contribution in [2.75, 3.05) is 56.5 Å². The molecule has 114 heavy (non-hydrogen) atoms. The van der Waals surface area contributed by atoms with Gasteiger partial charge in [-0.2, -0.15) is 15.3 Å². The lowest BCUT2D eigenvalue weighted by molar-refractivity contribution is -0.131. The van der Waals surface area contributed by atoms with Crippen molar-refractivity contribution in [3.05, 3.63) is 250 Å². The van der Waals surface area contributed by atoms with E-state index >= 15 is 0 Å². The number of carbonyl (C=O) groups is 3. The van der Waals surface area contributed by atoms with Gasteiger partial charge in [-0.1, -0.05) is 170 Å². The van der Waals surface area contributed by atoms with Gasteiger partial charge in [0.25, 0.3) is 0 Å². The van der Waals surface area contributed by atoms with Crippen LogP contribution in [0.1, 0.15) is 281 Å². The summed E-state index contributed by atoms with van der Waals surface area (Å²) in [5.74, 6) is 3.74. The smallest absolute Gasteiger partial charge is 0.222 e. The molecule has 2 unspecified atom stereocenters. The van der Waals surface area contributed by atoms with Gasteiger partial charge >= 0.3 is 0 Å². The topological polar surface area (TPSA) is 217 Å². The summed E-state index contributed by atoms with van der Waals surface area (Å²) in [6.07, 6.45) is 10.3. The predicted molar refractivity (Wildman–Crippen MR) is 457 cm³/mol. The lowest BCUT2D eigenvalue weighted by atomic mass is 9.86. The van der Waals surface area contributed by atoms with Crippen molar-refractivity contribution in [3.63, 3.8) is 0 Å². The van der Waals surface area contributed by atoms with E-state index in [1.165, 1.54) is 89.4 Å². The summed E-state index contributed by atoms with van der Waals surface area (Å²) >= 11 is 0. The first-order valence-corrected chi connectivity index (χ1v) is 45.5. The normalized spacial score (nSPS) is 19.5. The van der Waals surface area contributed by atoms with E-state index in [1.54, 1.807) is 57.2 Å². The summed E-state index contributed by atoms with van der Waals surface area (Å²) in [4.78, 5) is 47.3. The highest BCUT2D eigenvalue weighted by Gasteiger charge is 2.44. The molecule has 0 radical (unpaired) electrons. The maximum Gasteiger partial charge on any atom is 0.222 e. The van der Waals surface area contributed by atoms with Crippen LogP contribution in [0.15, 0.2) is 197 Å².